The summed E-state index contributed by atoms with van der Waals surface area (Å²) in [5.41, 5.74) is 10.8. The van der Waals surface area contributed by atoms with E-state index in [1.54, 1.807) is 0 Å². The maximum atomic E-state index is 13.2. The van der Waals surface area contributed by atoms with Crippen LogP contribution in [0.2, 0.25) is 0 Å². The highest BCUT2D eigenvalue weighted by molar-refractivity contribution is 7.80. The topological polar surface area (TPSA) is 234 Å². The number of carbonyl (C=O) groups excluding carboxylic acids is 5. The van der Waals surface area contributed by atoms with E-state index in [9.17, 15) is 39.0 Å². The van der Waals surface area contributed by atoms with Gasteiger partial charge in [0.25, 0.3) is 0 Å². The van der Waals surface area contributed by atoms with Gasteiger partial charge in [-0.3, -0.25) is 24.0 Å². The minimum Gasteiger partial charge on any atom is -0.480 e. The third kappa shape index (κ3) is 9.81. The van der Waals surface area contributed by atoms with E-state index in [2.05, 4.69) is 28.6 Å². The van der Waals surface area contributed by atoms with Crippen LogP contribution in [0.25, 0.3) is 0 Å². The Labute approximate surface area is 220 Å². The van der Waals surface area contributed by atoms with Crippen LogP contribution in [0, 0.1) is 5.92 Å². The average molecular weight is 547 g/mol. The molecule has 14 nitrogen and oxygen atoms in total. The quantitative estimate of drug-likeness (QED) is 0.104. The first-order chi connectivity index (χ1) is 17.2. The van der Waals surface area contributed by atoms with E-state index in [0.717, 1.165) is 0 Å². The molecule has 1 aliphatic rings. The molecule has 9 N–H and O–H groups in total. The third-order valence-corrected chi connectivity index (χ3v) is 6.17. The van der Waals surface area contributed by atoms with Gasteiger partial charge >= 0.3 is 5.97 Å². The summed E-state index contributed by atoms with van der Waals surface area (Å²) in [4.78, 5) is 75.4. The molecule has 1 heterocycles. The van der Waals surface area contributed by atoms with Crippen molar-refractivity contribution in [3.63, 3.8) is 0 Å². The van der Waals surface area contributed by atoms with Crippen molar-refractivity contribution in [1.29, 1.82) is 0 Å². The Morgan fingerprint density at radius 3 is 2.08 bits per heavy atom. The second-order valence-corrected chi connectivity index (χ2v) is 9.83. The van der Waals surface area contributed by atoms with Gasteiger partial charge in [0.1, 0.15) is 24.2 Å². The number of amides is 5. The average Bonchev–Trinajstić information content (AvgIpc) is 3.29. The number of rotatable bonds is 14. The third-order valence-electron chi connectivity index (χ3n) is 5.78. The van der Waals surface area contributed by atoms with Crippen molar-refractivity contribution >= 4 is 48.1 Å². The molecule has 0 aromatic carbocycles. The standard InChI is InChI=1S/C22H38N6O8S/c1-10(2)7-14(21(34)28-6-4-5-15(28)22(35)36)26-20(33)17(11(3)29)27-19(32)13(8-16(24)30)25-18(31)12(23)9-37/h10-15,17,29,37H,4-9,23H2,1-3H3,(H2,24,30)(H,25,31)(H,26,33)(H,27,32)(H,35,36)/t11-,12+,13+,14+,15+,17+/m1/s1. The van der Waals surface area contributed by atoms with Crippen molar-refractivity contribution in [3.8, 4) is 0 Å². The summed E-state index contributed by atoms with van der Waals surface area (Å²) in [5, 5.41) is 26.7. The van der Waals surface area contributed by atoms with Crippen LogP contribution in [0.1, 0.15) is 46.5 Å². The van der Waals surface area contributed by atoms with Crippen molar-refractivity contribution in [1.82, 2.24) is 20.9 Å². The number of nitrogens with one attached hydrogen (secondary N) is 3. The summed E-state index contributed by atoms with van der Waals surface area (Å²) >= 11 is 3.90. The molecule has 1 aliphatic heterocycles. The van der Waals surface area contributed by atoms with Crippen LogP contribution in [0.4, 0.5) is 0 Å². The van der Waals surface area contributed by atoms with Crippen molar-refractivity contribution in [2.75, 3.05) is 12.3 Å². The molecule has 0 unspecified atom stereocenters. The van der Waals surface area contributed by atoms with E-state index in [1.807, 2.05) is 13.8 Å². The number of thiol groups is 1. The monoisotopic (exact) mass is 546 g/mol. The van der Waals surface area contributed by atoms with Crippen molar-refractivity contribution in [2.45, 2.75) is 82.8 Å². The molecular weight excluding hydrogens is 508 g/mol. The van der Waals surface area contributed by atoms with E-state index in [1.165, 1.54) is 11.8 Å². The van der Waals surface area contributed by atoms with Gasteiger partial charge in [0, 0.05) is 12.3 Å². The number of aliphatic carboxylic acids is 1. The predicted molar refractivity (Wildman–Crippen MR) is 135 cm³/mol. The van der Waals surface area contributed by atoms with Crippen LogP contribution in [0.5, 0.6) is 0 Å². The lowest BCUT2D eigenvalue weighted by Crippen LogP contribution is -2.61. The van der Waals surface area contributed by atoms with Crippen molar-refractivity contribution in [2.24, 2.45) is 17.4 Å². The van der Waals surface area contributed by atoms with Crippen LogP contribution >= 0.6 is 12.6 Å². The zero-order valence-corrected chi connectivity index (χ0v) is 22.1. The zero-order chi connectivity index (χ0) is 28.4. The van der Waals surface area contributed by atoms with Gasteiger partial charge in [-0.25, -0.2) is 4.79 Å². The molecule has 0 spiro atoms. The first-order valence-corrected chi connectivity index (χ1v) is 12.6. The lowest BCUT2D eigenvalue weighted by molar-refractivity contribution is -0.149. The maximum absolute atomic E-state index is 13.2. The smallest absolute Gasteiger partial charge is 0.326 e. The fourth-order valence-corrected chi connectivity index (χ4v) is 4.04. The van der Waals surface area contributed by atoms with Crippen LogP contribution < -0.4 is 27.4 Å². The lowest BCUT2D eigenvalue weighted by atomic mass is 10.0. The first-order valence-electron chi connectivity index (χ1n) is 12.0. The number of hydrogen-bond acceptors (Lipinski definition) is 9. The van der Waals surface area contributed by atoms with E-state index >= 15 is 0 Å². The zero-order valence-electron chi connectivity index (χ0n) is 21.2. The second kappa shape index (κ2) is 14.7. The molecule has 0 aliphatic carbocycles. The van der Waals surface area contributed by atoms with Gasteiger partial charge in [-0.1, -0.05) is 13.8 Å². The van der Waals surface area contributed by atoms with Crippen LogP contribution in [0.3, 0.4) is 0 Å². The fraction of sp³-hybridized carbons (Fsp3) is 0.727. The maximum Gasteiger partial charge on any atom is 0.326 e. The van der Waals surface area contributed by atoms with Gasteiger partial charge in [0.15, 0.2) is 0 Å². The molecule has 0 aromatic rings. The Balaban J connectivity index is 3.08. The summed E-state index contributed by atoms with van der Waals surface area (Å²) in [6.45, 7) is 5.07. The summed E-state index contributed by atoms with van der Waals surface area (Å²) in [6, 6.07) is -6.26. The van der Waals surface area contributed by atoms with Crippen molar-refractivity contribution < 1.29 is 39.0 Å². The normalized spacial score (nSPS) is 19.3. The van der Waals surface area contributed by atoms with Crippen LogP contribution in [0.15, 0.2) is 0 Å². The molecule has 15 heteroatoms. The Morgan fingerprint density at radius 1 is 1.00 bits per heavy atom. The molecule has 6 atom stereocenters. The molecule has 37 heavy (non-hydrogen) atoms. The number of nitrogens with two attached hydrogens (primary N) is 2. The molecule has 0 bridgehead atoms. The molecule has 1 saturated heterocycles. The molecule has 0 aromatic heterocycles. The number of aliphatic hydroxyl groups excluding tert-OH is 1. The number of carbonyl (C=O) groups is 6. The van der Waals surface area contributed by atoms with Gasteiger partial charge in [-0.05, 0) is 32.1 Å². The number of hydrogen-bond donors (Lipinski definition) is 8. The van der Waals surface area contributed by atoms with E-state index in [0.29, 0.717) is 12.8 Å². The van der Waals surface area contributed by atoms with Crippen LogP contribution in [-0.2, 0) is 28.8 Å². The summed E-state index contributed by atoms with van der Waals surface area (Å²) in [7, 11) is 0. The number of carboxylic acid groups (broad SMARTS) is 1. The molecule has 210 valence electrons. The molecule has 0 radical (unpaired) electrons. The molecule has 1 rings (SSSR count). The van der Waals surface area contributed by atoms with Gasteiger partial charge < -0.3 is 42.5 Å². The Kier molecular flexibility index (Phi) is 12.8. The van der Waals surface area contributed by atoms with Gasteiger partial charge in [0.2, 0.25) is 29.5 Å². The summed E-state index contributed by atoms with van der Waals surface area (Å²) in [5.74, 6) is -5.43. The summed E-state index contributed by atoms with van der Waals surface area (Å²) in [6.07, 6.45) is -1.08. The highest BCUT2D eigenvalue weighted by Crippen LogP contribution is 2.20. The van der Waals surface area contributed by atoms with Crippen molar-refractivity contribution in [3.05, 3.63) is 0 Å². The SMILES string of the molecule is CC(C)C[C@H](NC(=O)[C@@H](NC(=O)[C@H](CC(N)=O)NC(=O)[C@@H](N)CS)[C@@H](C)O)C(=O)N1CCC[C@H]1C(=O)O. The fourth-order valence-electron chi connectivity index (χ4n) is 3.87. The van der Waals surface area contributed by atoms with Crippen LogP contribution in [-0.4, -0.2) is 99.2 Å². The lowest BCUT2D eigenvalue weighted by Gasteiger charge is -2.30. The number of nitrogens with zero attached hydrogens (tertiary/aromatic N) is 1. The predicted octanol–water partition coefficient (Wildman–Crippen LogP) is -2.92. The molecule has 0 saturated carbocycles. The Bertz CT molecular complexity index is 870. The molecular formula is C22H38N6O8S. The van der Waals surface area contributed by atoms with E-state index < -0.39 is 78.2 Å². The number of aliphatic hydroxyl groups is 1. The largest absolute Gasteiger partial charge is 0.480 e. The van der Waals surface area contributed by atoms with E-state index in [-0.39, 0.29) is 24.6 Å². The summed E-state index contributed by atoms with van der Waals surface area (Å²) < 4.78 is 0. The highest BCUT2D eigenvalue weighted by atomic mass is 32.1. The first kappa shape index (κ1) is 32.1. The minimum atomic E-state index is -1.57. The Hall–Kier alpha value is -2.91. The molecule has 5 amide bonds. The number of carboxylic acids is 1. The minimum absolute atomic E-state index is 0.0412. The molecule has 1 fully saturated rings. The van der Waals surface area contributed by atoms with Gasteiger partial charge in [-0.2, -0.15) is 12.6 Å². The Morgan fingerprint density at radius 2 is 1.59 bits per heavy atom. The second-order valence-electron chi connectivity index (χ2n) is 9.47. The van der Waals surface area contributed by atoms with Gasteiger partial charge in [0.05, 0.1) is 18.6 Å². The van der Waals surface area contributed by atoms with E-state index in [4.69, 9.17) is 11.5 Å². The van der Waals surface area contributed by atoms with Gasteiger partial charge in [-0.15, -0.1) is 0 Å². The highest BCUT2D eigenvalue weighted by Gasteiger charge is 2.39. The number of primary amides is 1. The number of likely N-dealkylation sites (tertiary alicyclic amines) is 1.